The summed E-state index contributed by atoms with van der Waals surface area (Å²) in [6, 6.07) is 9.64. The summed E-state index contributed by atoms with van der Waals surface area (Å²) in [5.74, 6) is 0.639. The molecule has 0 spiro atoms. The third kappa shape index (κ3) is 4.92. The molecule has 1 amide bonds. The van der Waals surface area contributed by atoms with E-state index in [4.69, 9.17) is 5.11 Å². The van der Waals surface area contributed by atoms with Gasteiger partial charge in [-0.1, -0.05) is 37.3 Å². The van der Waals surface area contributed by atoms with Crippen molar-refractivity contribution >= 4 is 5.91 Å². The zero-order valence-electron chi connectivity index (χ0n) is 12.6. The van der Waals surface area contributed by atoms with Crippen molar-refractivity contribution in [2.45, 2.75) is 26.3 Å². The minimum Gasteiger partial charge on any atom is -0.396 e. The fraction of sp³-hybridized carbons (Fsp3) is 0.467. The Morgan fingerprint density at radius 1 is 1.36 bits per heavy atom. The summed E-state index contributed by atoms with van der Waals surface area (Å²) in [6.07, 6.45) is 1.05. The molecule has 0 radical (unpaired) electrons. The number of rotatable bonds is 8. The van der Waals surface area contributed by atoms with Crippen molar-refractivity contribution in [3.63, 3.8) is 0 Å². The standard InChI is InChI=1S/C15H21N5O2/c1-12(11-21)10-16-14(22)8-5-9-20-18-15(17-19-20)13-6-3-2-4-7-13/h2-4,6-7,12,21H,5,8-11H2,1H3,(H,16,22). The van der Waals surface area contributed by atoms with Crippen molar-refractivity contribution < 1.29 is 9.90 Å². The summed E-state index contributed by atoms with van der Waals surface area (Å²) in [5, 5.41) is 24.0. The topological polar surface area (TPSA) is 92.9 Å². The van der Waals surface area contributed by atoms with E-state index < -0.39 is 0 Å². The molecular formula is C15H21N5O2. The maximum absolute atomic E-state index is 11.6. The summed E-state index contributed by atoms with van der Waals surface area (Å²) >= 11 is 0. The number of benzene rings is 1. The molecule has 22 heavy (non-hydrogen) atoms. The van der Waals surface area contributed by atoms with E-state index in [9.17, 15) is 4.79 Å². The minimum atomic E-state index is -0.0244. The average molecular weight is 303 g/mol. The summed E-state index contributed by atoms with van der Waals surface area (Å²) in [4.78, 5) is 13.1. The number of amides is 1. The Morgan fingerprint density at radius 2 is 2.14 bits per heavy atom. The smallest absolute Gasteiger partial charge is 0.220 e. The highest BCUT2D eigenvalue weighted by molar-refractivity contribution is 5.75. The molecule has 2 aromatic rings. The van der Waals surface area contributed by atoms with Crippen LogP contribution in [-0.4, -0.2) is 44.4 Å². The molecule has 0 fully saturated rings. The lowest BCUT2D eigenvalue weighted by Crippen LogP contribution is -2.29. The van der Waals surface area contributed by atoms with Crippen molar-refractivity contribution in [3.8, 4) is 11.4 Å². The normalized spacial score (nSPS) is 12.1. The van der Waals surface area contributed by atoms with Gasteiger partial charge in [0.05, 0.1) is 6.54 Å². The van der Waals surface area contributed by atoms with Crippen molar-refractivity contribution in [1.29, 1.82) is 0 Å². The Kier molecular flexibility index (Phi) is 6.02. The number of nitrogens with zero attached hydrogens (tertiary/aromatic N) is 4. The number of tetrazole rings is 1. The third-order valence-electron chi connectivity index (χ3n) is 3.21. The number of aryl methyl sites for hydroxylation is 1. The first kappa shape index (κ1) is 16.1. The van der Waals surface area contributed by atoms with Crippen molar-refractivity contribution in [2.75, 3.05) is 13.2 Å². The van der Waals surface area contributed by atoms with Crippen LogP contribution < -0.4 is 5.32 Å². The van der Waals surface area contributed by atoms with Crippen molar-refractivity contribution in [1.82, 2.24) is 25.5 Å². The molecule has 7 nitrogen and oxygen atoms in total. The van der Waals surface area contributed by atoms with E-state index in [1.807, 2.05) is 37.3 Å². The molecule has 1 atom stereocenters. The second-order valence-corrected chi connectivity index (χ2v) is 5.27. The van der Waals surface area contributed by atoms with Gasteiger partial charge in [-0.2, -0.15) is 4.80 Å². The predicted octanol–water partition coefficient (Wildman–Crippen LogP) is 0.865. The van der Waals surface area contributed by atoms with Gasteiger partial charge in [-0.25, -0.2) is 0 Å². The van der Waals surface area contributed by atoms with Gasteiger partial charge in [-0.05, 0) is 17.6 Å². The molecule has 0 aliphatic rings. The fourth-order valence-electron chi connectivity index (χ4n) is 1.86. The first-order valence-electron chi connectivity index (χ1n) is 7.40. The van der Waals surface area contributed by atoms with Gasteiger partial charge in [-0.15, -0.1) is 10.2 Å². The van der Waals surface area contributed by atoms with E-state index in [-0.39, 0.29) is 18.4 Å². The van der Waals surface area contributed by atoms with E-state index in [1.165, 1.54) is 4.80 Å². The Balaban J connectivity index is 1.74. The summed E-state index contributed by atoms with van der Waals surface area (Å²) in [7, 11) is 0. The average Bonchev–Trinajstić information content (AvgIpc) is 3.02. The summed E-state index contributed by atoms with van der Waals surface area (Å²) < 4.78 is 0. The molecule has 0 saturated heterocycles. The maximum atomic E-state index is 11.6. The van der Waals surface area contributed by atoms with Crippen LogP contribution in [0.25, 0.3) is 11.4 Å². The van der Waals surface area contributed by atoms with Crippen LogP contribution in [0.15, 0.2) is 30.3 Å². The summed E-state index contributed by atoms with van der Waals surface area (Å²) in [5.41, 5.74) is 0.921. The first-order valence-corrected chi connectivity index (χ1v) is 7.40. The largest absolute Gasteiger partial charge is 0.396 e. The Bertz CT molecular complexity index is 585. The van der Waals surface area contributed by atoms with Gasteiger partial charge < -0.3 is 10.4 Å². The van der Waals surface area contributed by atoms with Crippen LogP contribution in [-0.2, 0) is 11.3 Å². The van der Waals surface area contributed by atoms with Crippen LogP contribution in [0.3, 0.4) is 0 Å². The lowest BCUT2D eigenvalue weighted by atomic mass is 10.2. The molecule has 2 N–H and O–H groups in total. The number of hydrogen-bond acceptors (Lipinski definition) is 5. The van der Waals surface area contributed by atoms with Gasteiger partial charge >= 0.3 is 0 Å². The van der Waals surface area contributed by atoms with Crippen LogP contribution in [0.1, 0.15) is 19.8 Å². The molecule has 0 bridgehead atoms. The number of hydrogen-bond donors (Lipinski definition) is 2. The SMILES string of the molecule is CC(CO)CNC(=O)CCCn1nnc(-c2ccccc2)n1. The molecule has 7 heteroatoms. The molecule has 0 saturated carbocycles. The number of carbonyl (C=O) groups excluding carboxylic acids is 1. The van der Waals surface area contributed by atoms with E-state index >= 15 is 0 Å². The molecule has 2 rings (SSSR count). The van der Waals surface area contributed by atoms with Crippen LogP contribution in [0.5, 0.6) is 0 Å². The molecule has 1 aromatic heterocycles. The van der Waals surface area contributed by atoms with Gasteiger partial charge in [0.1, 0.15) is 0 Å². The summed E-state index contributed by atoms with van der Waals surface area (Å²) in [6.45, 7) is 2.99. The molecular weight excluding hydrogens is 282 g/mol. The zero-order valence-corrected chi connectivity index (χ0v) is 12.6. The number of aliphatic hydroxyl groups excluding tert-OH is 1. The van der Waals surface area contributed by atoms with Crippen LogP contribution in [0.4, 0.5) is 0 Å². The Hall–Kier alpha value is -2.28. The maximum Gasteiger partial charge on any atom is 0.220 e. The third-order valence-corrected chi connectivity index (χ3v) is 3.21. The molecule has 1 aromatic carbocycles. The van der Waals surface area contributed by atoms with Gasteiger partial charge in [0.25, 0.3) is 0 Å². The number of carbonyl (C=O) groups is 1. The van der Waals surface area contributed by atoms with E-state index in [1.54, 1.807) is 0 Å². The number of aromatic nitrogens is 4. The molecule has 0 aliphatic heterocycles. The number of nitrogens with one attached hydrogen (secondary N) is 1. The second kappa shape index (κ2) is 8.23. The molecule has 1 unspecified atom stereocenters. The Morgan fingerprint density at radius 3 is 2.86 bits per heavy atom. The lowest BCUT2D eigenvalue weighted by molar-refractivity contribution is -0.121. The second-order valence-electron chi connectivity index (χ2n) is 5.27. The van der Waals surface area contributed by atoms with Crippen molar-refractivity contribution in [2.24, 2.45) is 5.92 Å². The van der Waals surface area contributed by atoms with Gasteiger partial charge in [-0.3, -0.25) is 4.79 Å². The highest BCUT2D eigenvalue weighted by Crippen LogP contribution is 2.11. The van der Waals surface area contributed by atoms with E-state index in [0.717, 1.165) is 5.56 Å². The quantitative estimate of drug-likeness (QED) is 0.754. The predicted molar refractivity (Wildman–Crippen MR) is 81.7 cm³/mol. The van der Waals surface area contributed by atoms with Gasteiger partial charge in [0.15, 0.2) is 0 Å². The van der Waals surface area contributed by atoms with E-state index in [2.05, 4.69) is 20.7 Å². The molecule has 118 valence electrons. The van der Waals surface area contributed by atoms with Crippen LogP contribution in [0, 0.1) is 5.92 Å². The van der Waals surface area contributed by atoms with Crippen molar-refractivity contribution in [3.05, 3.63) is 30.3 Å². The van der Waals surface area contributed by atoms with Crippen LogP contribution in [0.2, 0.25) is 0 Å². The van der Waals surface area contributed by atoms with Gasteiger partial charge in [0, 0.05) is 25.1 Å². The van der Waals surface area contributed by atoms with Crippen LogP contribution >= 0.6 is 0 Å². The number of aliphatic hydroxyl groups is 1. The molecule has 1 heterocycles. The van der Waals surface area contributed by atoms with Gasteiger partial charge in [0.2, 0.25) is 11.7 Å². The van der Waals surface area contributed by atoms with E-state index in [0.29, 0.717) is 31.8 Å². The Labute approximate surface area is 129 Å². The highest BCUT2D eigenvalue weighted by atomic mass is 16.3. The zero-order chi connectivity index (χ0) is 15.8. The molecule has 0 aliphatic carbocycles. The monoisotopic (exact) mass is 303 g/mol. The first-order chi connectivity index (χ1) is 10.7. The highest BCUT2D eigenvalue weighted by Gasteiger charge is 2.07. The minimum absolute atomic E-state index is 0.0244. The lowest BCUT2D eigenvalue weighted by Gasteiger charge is -2.09. The fourth-order valence-corrected chi connectivity index (χ4v) is 1.86.